The van der Waals surface area contributed by atoms with E-state index in [4.69, 9.17) is 16.7 Å². The molecule has 2 N–H and O–H groups in total. The molecule has 0 radical (unpaired) electrons. The molecule has 1 atom stereocenters. The molecular weight excluding hydrogens is 256 g/mol. The predicted molar refractivity (Wildman–Crippen MR) is 74.5 cm³/mol. The fourth-order valence-electron chi connectivity index (χ4n) is 2.29. The van der Waals surface area contributed by atoms with Gasteiger partial charge in [0.05, 0.1) is 18.3 Å². The van der Waals surface area contributed by atoms with Gasteiger partial charge in [0, 0.05) is 38.7 Å². The lowest BCUT2D eigenvalue weighted by molar-refractivity contribution is -0.134. The van der Waals surface area contributed by atoms with E-state index in [1.54, 1.807) is 4.90 Å². The molecular formula is C14H20N4O2. The Morgan fingerprint density at radius 1 is 1.55 bits per heavy atom. The van der Waals surface area contributed by atoms with Gasteiger partial charge < -0.3 is 15.2 Å². The molecule has 2 rings (SSSR count). The van der Waals surface area contributed by atoms with Gasteiger partial charge in [-0.3, -0.25) is 9.69 Å². The SMILES string of the molecule is C#CCC(N)C(=O)N1CCN(Cc2cc(C)no2)CC1. The summed E-state index contributed by atoms with van der Waals surface area (Å²) in [5.74, 6) is 3.22. The van der Waals surface area contributed by atoms with Crippen LogP contribution in [0.25, 0.3) is 0 Å². The van der Waals surface area contributed by atoms with Crippen molar-refractivity contribution in [1.29, 1.82) is 0 Å². The average Bonchev–Trinajstić information content (AvgIpc) is 2.84. The average molecular weight is 276 g/mol. The molecule has 0 aliphatic carbocycles. The Morgan fingerprint density at radius 3 is 2.80 bits per heavy atom. The van der Waals surface area contributed by atoms with Gasteiger partial charge in [0.15, 0.2) is 5.76 Å². The van der Waals surface area contributed by atoms with Gasteiger partial charge in [-0.05, 0) is 6.92 Å². The van der Waals surface area contributed by atoms with Gasteiger partial charge in [0.25, 0.3) is 0 Å². The molecule has 0 aromatic carbocycles. The monoisotopic (exact) mass is 276 g/mol. The van der Waals surface area contributed by atoms with Crippen LogP contribution in [-0.4, -0.2) is 53.1 Å². The number of nitrogens with zero attached hydrogens (tertiary/aromatic N) is 3. The molecule has 0 spiro atoms. The smallest absolute Gasteiger partial charge is 0.240 e. The maximum Gasteiger partial charge on any atom is 0.240 e. The Kier molecular flexibility index (Phi) is 4.77. The number of terminal acetylenes is 1. The quantitative estimate of drug-likeness (QED) is 0.782. The van der Waals surface area contributed by atoms with Gasteiger partial charge in [-0.15, -0.1) is 12.3 Å². The van der Waals surface area contributed by atoms with Crippen LogP contribution in [0.2, 0.25) is 0 Å². The fourth-order valence-corrected chi connectivity index (χ4v) is 2.29. The second kappa shape index (κ2) is 6.55. The van der Waals surface area contributed by atoms with Gasteiger partial charge in [0.1, 0.15) is 0 Å². The summed E-state index contributed by atoms with van der Waals surface area (Å²) in [5.41, 5.74) is 6.63. The molecule has 1 aliphatic rings. The number of amides is 1. The number of carbonyl (C=O) groups is 1. The summed E-state index contributed by atoms with van der Waals surface area (Å²) < 4.78 is 5.20. The molecule has 0 saturated carbocycles. The lowest BCUT2D eigenvalue weighted by Gasteiger charge is -2.35. The van der Waals surface area contributed by atoms with Crippen molar-refractivity contribution >= 4 is 5.91 Å². The minimum atomic E-state index is -0.580. The van der Waals surface area contributed by atoms with E-state index < -0.39 is 6.04 Å². The maximum atomic E-state index is 12.0. The van der Waals surface area contributed by atoms with Crippen molar-refractivity contribution in [3.8, 4) is 12.3 Å². The first-order valence-electron chi connectivity index (χ1n) is 6.72. The molecule has 1 aromatic heterocycles. The Morgan fingerprint density at radius 2 is 2.25 bits per heavy atom. The summed E-state index contributed by atoms with van der Waals surface area (Å²) in [6.07, 6.45) is 5.47. The highest BCUT2D eigenvalue weighted by molar-refractivity contribution is 5.82. The summed E-state index contributed by atoms with van der Waals surface area (Å²) in [5, 5.41) is 3.87. The Labute approximate surface area is 118 Å². The van der Waals surface area contributed by atoms with Crippen LogP contribution in [-0.2, 0) is 11.3 Å². The predicted octanol–water partition coefficient (Wildman–Crippen LogP) is -0.0222. The molecule has 2 heterocycles. The number of rotatable bonds is 4. The van der Waals surface area contributed by atoms with Crippen molar-refractivity contribution in [3.63, 3.8) is 0 Å². The lowest BCUT2D eigenvalue weighted by atomic mass is 10.2. The number of nitrogens with two attached hydrogens (primary N) is 1. The number of hydrogen-bond acceptors (Lipinski definition) is 5. The van der Waals surface area contributed by atoms with Gasteiger partial charge in [-0.2, -0.15) is 0 Å². The van der Waals surface area contributed by atoms with Crippen LogP contribution in [0.5, 0.6) is 0 Å². The molecule has 1 amide bonds. The number of aryl methyl sites for hydroxylation is 1. The zero-order chi connectivity index (χ0) is 14.5. The molecule has 108 valence electrons. The van der Waals surface area contributed by atoms with Crippen LogP contribution in [0, 0.1) is 19.3 Å². The second-order valence-corrected chi connectivity index (χ2v) is 5.05. The number of piperazine rings is 1. The number of carbonyl (C=O) groups excluding carboxylic acids is 1. The second-order valence-electron chi connectivity index (χ2n) is 5.05. The largest absolute Gasteiger partial charge is 0.360 e. The van der Waals surface area contributed by atoms with Crippen molar-refractivity contribution in [2.75, 3.05) is 26.2 Å². The van der Waals surface area contributed by atoms with Crippen LogP contribution >= 0.6 is 0 Å². The van der Waals surface area contributed by atoms with Crippen molar-refractivity contribution in [3.05, 3.63) is 17.5 Å². The maximum absolute atomic E-state index is 12.0. The lowest BCUT2D eigenvalue weighted by Crippen LogP contribution is -2.52. The number of aromatic nitrogens is 1. The minimum Gasteiger partial charge on any atom is -0.360 e. The van der Waals surface area contributed by atoms with Gasteiger partial charge >= 0.3 is 0 Å². The minimum absolute atomic E-state index is 0.0573. The topological polar surface area (TPSA) is 75.6 Å². The van der Waals surface area contributed by atoms with E-state index in [9.17, 15) is 4.79 Å². The first-order chi connectivity index (χ1) is 9.60. The van der Waals surface area contributed by atoms with E-state index in [0.717, 1.165) is 31.1 Å². The molecule has 6 heteroatoms. The highest BCUT2D eigenvalue weighted by Crippen LogP contribution is 2.10. The molecule has 1 saturated heterocycles. The van der Waals surface area contributed by atoms with Gasteiger partial charge in [-0.1, -0.05) is 5.16 Å². The molecule has 1 aliphatic heterocycles. The zero-order valence-electron chi connectivity index (χ0n) is 11.7. The molecule has 1 aromatic rings. The van der Waals surface area contributed by atoms with Crippen LogP contribution in [0.1, 0.15) is 17.9 Å². The highest BCUT2D eigenvalue weighted by Gasteiger charge is 2.25. The highest BCUT2D eigenvalue weighted by atomic mass is 16.5. The van der Waals surface area contributed by atoms with E-state index in [-0.39, 0.29) is 12.3 Å². The van der Waals surface area contributed by atoms with Crippen molar-refractivity contribution < 1.29 is 9.32 Å². The fraction of sp³-hybridized carbons (Fsp3) is 0.571. The number of hydrogen-bond donors (Lipinski definition) is 1. The first kappa shape index (κ1) is 14.6. The summed E-state index contributed by atoms with van der Waals surface area (Å²) in [6, 6.07) is 1.35. The van der Waals surface area contributed by atoms with Crippen LogP contribution < -0.4 is 5.73 Å². The van der Waals surface area contributed by atoms with Crippen LogP contribution in [0.3, 0.4) is 0 Å². The normalized spacial score (nSPS) is 17.8. The summed E-state index contributed by atoms with van der Waals surface area (Å²) >= 11 is 0. The first-order valence-corrected chi connectivity index (χ1v) is 6.72. The van der Waals surface area contributed by atoms with E-state index in [0.29, 0.717) is 13.1 Å². The van der Waals surface area contributed by atoms with E-state index in [1.807, 2.05) is 13.0 Å². The van der Waals surface area contributed by atoms with Gasteiger partial charge in [0.2, 0.25) is 5.91 Å². The van der Waals surface area contributed by atoms with E-state index in [2.05, 4.69) is 16.0 Å². The molecule has 20 heavy (non-hydrogen) atoms. The van der Waals surface area contributed by atoms with Crippen LogP contribution in [0.15, 0.2) is 10.6 Å². The standard InChI is InChI=1S/C14H20N4O2/c1-3-4-13(15)14(19)18-7-5-17(6-8-18)10-12-9-11(2)16-20-12/h1,9,13H,4-8,10,15H2,2H3. The molecule has 1 unspecified atom stereocenters. The van der Waals surface area contributed by atoms with Gasteiger partial charge in [-0.25, -0.2) is 0 Å². The third-order valence-corrected chi connectivity index (χ3v) is 3.40. The third kappa shape index (κ3) is 3.59. The van der Waals surface area contributed by atoms with E-state index >= 15 is 0 Å². The van der Waals surface area contributed by atoms with Crippen molar-refractivity contribution in [1.82, 2.24) is 15.0 Å². The zero-order valence-corrected chi connectivity index (χ0v) is 11.7. The summed E-state index contributed by atoms with van der Waals surface area (Å²) in [7, 11) is 0. The van der Waals surface area contributed by atoms with Crippen LogP contribution in [0.4, 0.5) is 0 Å². The van der Waals surface area contributed by atoms with E-state index in [1.165, 1.54) is 0 Å². The third-order valence-electron chi connectivity index (χ3n) is 3.40. The molecule has 1 fully saturated rings. The Hall–Kier alpha value is -1.84. The summed E-state index contributed by atoms with van der Waals surface area (Å²) in [4.78, 5) is 16.0. The molecule has 0 bridgehead atoms. The Bertz CT molecular complexity index is 498. The van der Waals surface area contributed by atoms with Crippen molar-refractivity contribution in [2.24, 2.45) is 5.73 Å². The summed E-state index contributed by atoms with van der Waals surface area (Å²) in [6.45, 7) is 5.56. The molecule has 6 nitrogen and oxygen atoms in total. The Balaban J connectivity index is 1.80. The van der Waals surface area contributed by atoms with Crippen molar-refractivity contribution in [2.45, 2.75) is 25.9 Å².